The van der Waals surface area contributed by atoms with E-state index >= 15 is 0 Å². The van der Waals surface area contributed by atoms with Crippen molar-refractivity contribution in [3.05, 3.63) is 0 Å². The molecule has 1 nitrogen and oxygen atoms in total. The second kappa shape index (κ2) is 2.99. The van der Waals surface area contributed by atoms with Gasteiger partial charge in [-0.25, -0.2) is 0 Å². The van der Waals surface area contributed by atoms with Crippen LogP contribution in [0.3, 0.4) is 0 Å². The second-order valence-electron chi connectivity index (χ2n) is 1.55. The topological polar surface area (TPSA) is 17.1 Å². The van der Waals surface area contributed by atoms with Gasteiger partial charge >= 0.3 is 49.9 Å². The van der Waals surface area contributed by atoms with Crippen LogP contribution in [0.4, 0.5) is 0 Å². The van der Waals surface area contributed by atoms with Crippen LogP contribution < -0.4 is 0 Å². The van der Waals surface area contributed by atoms with Gasteiger partial charge in [-0.05, 0) is 0 Å². The van der Waals surface area contributed by atoms with E-state index < -0.39 is 11.6 Å². The second-order valence-corrected chi connectivity index (χ2v) is 5.62. The molecule has 0 heterocycles. The van der Waals surface area contributed by atoms with Crippen LogP contribution in [0.1, 0.15) is 13.8 Å². The Balaban J connectivity index is 3.26. The molecule has 1 unspecified atom stereocenters. The molecule has 0 amide bonds. The maximum atomic E-state index is 10.4. The van der Waals surface area contributed by atoms with Crippen molar-refractivity contribution in [2.75, 3.05) is 0 Å². The first-order chi connectivity index (χ1) is 2.64. The van der Waals surface area contributed by atoms with Gasteiger partial charge in [0.1, 0.15) is 0 Å². The SMILES string of the molecule is [Li][Se](=O)C(C)C. The Morgan fingerprint density at radius 3 is 1.83 bits per heavy atom. The van der Waals surface area contributed by atoms with Gasteiger partial charge in [-0.1, -0.05) is 0 Å². The first-order valence-corrected chi connectivity index (χ1v) is 5.37. The molecule has 3 heteroatoms. The number of rotatable bonds is 1. The van der Waals surface area contributed by atoms with Crippen molar-refractivity contribution in [2.45, 2.75) is 18.7 Å². The average molecular weight is 145 g/mol. The predicted molar refractivity (Wildman–Crippen MR) is 27.3 cm³/mol. The van der Waals surface area contributed by atoms with Gasteiger partial charge in [-0.3, -0.25) is 0 Å². The molecular weight excluding hydrogens is 138 g/mol. The summed E-state index contributed by atoms with van der Waals surface area (Å²) >= 11 is 0.426. The van der Waals surface area contributed by atoms with Crippen molar-refractivity contribution in [1.82, 2.24) is 0 Å². The Kier molecular flexibility index (Phi) is 3.45. The summed E-state index contributed by atoms with van der Waals surface area (Å²) in [6.45, 7) is 3.97. The van der Waals surface area contributed by atoms with Crippen molar-refractivity contribution in [1.29, 1.82) is 0 Å². The molecule has 1 atom stereocenters. The summed E-state index contributed by atoms with van der Waals surface area (Å²) < 4.78 is 10.4. The van der Waals surface area contributed by atoms with Crippen LogP contribution in [-0.4, -0.2) is 27.4 Å². The summed E-state index contributed by atoms with van der Waals surface area (Å²) in [5.41, 5.74) is 0. The molecule has 0 fully saturated rings. The molecule has 0 spiro atoms. The maximum absolute atomic E-state index is 10.4. The molecule has 0 aromatic heterocycles. The van der Waals surface area contributed by atoms with Crippen molar-refractivity contribution in [3.8, 4) is 0 Å². The van der Waals surface area contributed by atoms with E-state index in [1.165, 1.54) is 0 Å². The fraction of sp³-hybridized carbons (Fsp3) is 1.00. The number of hydrogen-bond donors (Lipinski definition) is 0. The van der Waals surface area contributed by atoms with Gasteiger partial charge in [-0.2, -0.15) is 0 Å². The van der Waals surface area contributed by atoms with Gasteiger partial charge in [0.25, 0.3) is 0 Å². The minimum absolute atomic E-state index is 0.421. The van der Waals surface area contributed by atoms with E-state index in [0.717, 1.165) is 0 Å². The van der Waals surface area contributed by atoms with Gasteiger partial charge in [0.15, 0.2) is 0 Å². The summed E-state index contributed by atoms with van der Waals surface area (Å²) in [7, 11) is 0. The Morgan fingerprint density at radius 2 is 1.83 bits per heavy atom. The Morgan fingerprint density at radius 1 is 1.67 bits per heavy atom. The minimum atomic E-state index is -1.38. The molecule has 0 aliphatic heterocycles. The van der Waals surface area contributed by atoms with Crippen LogP contribution in [0.25, 0.3) is 0 Å². The van der Waals surface area contributed by atoms with Gasteiger partial charge in [0, 0.05) is 0 Å². The van der Waals surface area contributed by atoms with Gasteiger partial charge in [0.05, 0.1) is 0 Å². The first kappa shape index (κ1) is 6.92. The summed E-state index contributed by atoms with van der Waals surface area (Å²) in [5, 5.41) is 0. The van der Waals surface area contributed by atoms with Gasteiger partial charge < -0.3 is 0 Å². The molecule has 0 bridgehead atoms. The third-order valence-electron chi connectivity index (χ3n) is 0.664. The summed E-state index contributed by atoms with van der Waals surface area (Å²) in [5.74, 6) is 0. The standard InChI is InChI=1S/C3H7OSe.Li/c1-3(2)5-4;/h3H,1-2H3;/q+1;-1. The summed E-state index contributed by atoms with van der Waals surface area (Å²) in [4.78, 5) is 0.421. The van der Waals surface area contributed by atoms with Gasteiger partial charge in [0.2, 0.25) is 0 Å². The molecule has 0 saturated carbocycles. The monoisotopic (exact) mass is 146 g/mol. The Bertz CT molecular complexity index is 61.8. The molecule has 0 aromatic rings. The van der Waals surface area contributed by atoms with E-state index in [4.69, 9.17) is 0 Å². The molecule has 32 valence electrons. The summed E-state index contributed by atoms with van der Waals surface area (Å²) in [6, 6.07) is 0. The molecule has 0 aliphatic rings. The molecule has 0 radical (unpaired) electrons. The molecule has 0 aromatic carbocycles. The molecule has 6 heavy (non-hydrogen) atoms. The first-order valence-electron chi connectivity index (χ1n) is 1.97. The molecule has 0 saturated heterocycles. The zero-order valence-electron chi connectivity index (χ0n) is 4.39. The predicted octanol–water partition coefficient (Wildman–Crippen LogP) is 0.484. The zero-order valence-corrected chi connectivity index (χ0v) is 6.11. The van der Waals surface area contributed by atoms with Crippen LogP contribution in [0.5, 0.6) is 0 Å². The molecular formula is C3H7LiOSe. The van der Waals surface area contributed by atoms with E-state index in [9.17, 15) is 3.83 Å². The molecule has 0 rings (SSSR count). The fourth-order valence-electron chi connectivity index (χ4n) is 0. The number of hydrogen-bond acceptors (Lipinski definition) is 1. The van der Waals surface area contributed by atoms with Crippen LogP contribution in [0.2, 0.25) is 4.82 Å². The van der Waals surface area contributed by atoms with Crippen LogP contribution in [-0.2, 0) is 3.83 Å². The van der Waals surface area contributed by atoms with Crippen LogP contribution in [0.15, 0.2) is 0 Å². The third-order valence-corrected chi connectivity index (χ3v) is 3.45. The third kappa shape index (κ3) is 3.12. The van der Waals surface area contributed by atoms with Crippen molar-refractivity contribution in [3.63, 3.8) is 0 Å². The summed E-state index contributed by atoms with van der Waals surface area (Å²) in [6.07, 6.45) is 0. The van der Waals surface area contributed by atoms with Crippen molar-refractivity contribution in [2.24, 2.45) is 0 Å². The molecule has 0 N–H and O–H groups in total. The quantitative estimate of drug-likeness (QED) is 0.490. The average Bonchev–Trinajstić information content (AvgIpc) is 1.36. The van der Waals surface area contributed by atoms with Crippen molar-refractivity contribution >= 4 is 27.4 Å². The molecule has 0 aliphatic carbocycles. The Labute approximate surface area is 50.1 Å². The fourth-order valence-corrected chi connectivity index (χ4v) is 0. The zero-order chi connectivity index (χ0) is 5.15. The van der Waals surface area contributed by atoms with E-state index in [1.807, 2.05) is 29.6 Å². The van der Waals surface area contributed by atoms with Crippen LogP contribution in [0, 0.1) is 0 Å². The van der Waals surface area contributed by atoms with Crippen LogP contribution >= 0.6 is 0 Å². The van der Waals surface area contributed by atoms with E-state index in [0.29, 0.717) is 4.82 Å². The van der Waals surface area contributed by atoms with E-state index in [2.05, 4.69) is 0 Å². The van der Waals surface area contributed by atoms with E-state index in [1.54, 1.807) is 0 Å². The van der Waals surface area contributed by atoms with E-state index in [-0.39, 0.29) is 0 Å². The Hall–Kier alpha value is 0.917. The van der Waals surface area contributed by atoms with Gasteiger partial charge in [-0.15, -0.1) is 0 Å². The normalized spacial score (nSPS) is 15.5. The van der Waals surface area contributed by atoms with Crippen molar-refractivity contribution < 1.29 is 3.83 Å².